The van der Waals surface area contributed by atoms with E-state index in [4.69, 9.17) is 27.6 Å². The van der Waals surface area contributed by atoms with Crippen LogP contribution in [0.5, 0.6) is 0 Å². The number of hydrogen-bond acceptors (Lipinski definition) is 2. The zero-order valence-corrected chi connectivity index (χ0v) is 16.1. The largest absolute Gasteiger partial charge is 0.451 e. The summed E-state index contributed by atoms with van der Waals surface area (Å²) in [5.74, 6) is 0.766. The van der Waals surface area contributed by atoms with Gasteiger partial charge in [-0.2, -0.15) is 0 Å². The van der Waals surface area contributed by atoms with Gasteiger partial charge in [-0.15, -0.1) is 0 Å². The quantitative estimate of drug-likeness (QED) is 0.510. The molecule has 1 atom stereocenters. The Kier molecular flexibility index (Phi) is 5.70. The highest BCUT2D eigenvalue weighted by Crippen LogP contribution is 2.34. The minimum Gasteiger partial charge on any atom is -0.451 e. The Hall–Kier alpha value is -2.23. The fraction of sp³-hybridized carbons (Fsp3) is 0.190. The van der Waals surface area contributed by atoms with Crippen LogP contribution in [0, 0.1) is 0 Å². The molecule has 134 valence electrons. The minimum absolute atomic E-state index is 0.218. The number of anilines is 1. The summed E-state index contributed by atoms with van der Waals surface area (Å²) in [6.45, 7) is 4.26. The summed E-state index contributed by atoms with van der Waals surface area (Å²) in [5.41, 5.74) is 2.55. The average Bonchev–Trinajstić information content (AvgIpc) is 3.14. The molecule has 5 heteroatoms. The topological polar surface area (TPSA) is 42.2 Å². The van der Waals surface area contributed by atoms with E-state index in [-0.39, 0.29) is 11.7 Å². The normalized spacial score (nSPS) is 12.0. The molecule has 0 aliphatic rings. The number of rotatable bonds is 5. The Morgan fingerprint density at radius 2 is 1.85 bits per heavy atom. The molecule has 1 heterocycles. The van der Waals surface area contributed by atoms with Gasteiger partial charge in [-0.25, -0.2) is 0 Å². The maximum Gasteiger partial charge on any atom is 0.291 e. The molecule has 0 saturated carbocycles. The van der Waals surface area contributed by atoms with Gasteiger partial charge >= 0.3 is 0 Å². The SMILES string of the molecule is CCC(C)c1ccccc1NC(=O)c1ccc(-c2cccc(Cl)c2Cl)o1. The minimum atomic E-state index is -0.301. The van der Waals surface area contributed by atoms with Crippen LogP contribution in [0.4, 0.5) is 5.69 Å². The van der Waals surface area contributed by atoms with Crippen LogP contribution in [0.3, 0.4) is 0 Å². The molecule has 1 amide bonds. The molecular formula is C21H19Cl2NO2. The molecule has 3 rings (SSSR count). The second-order valence-corrected chi connectivity index (χ2v) is 6.90. The second-order valence-electron chi connectivity index (χ2n) is 6.12. The number of amides is 1. The van der Waals surface area contributed by atoms with Gasteiger partial charge in [-0.3, -0.25) is 4.79 Å². The van der Waals surface area contributed by atoms with Crippen LogP contribution >= 0.6 is 23.2 Å². The van der Waals surface area contributed by atoms with E-state index in [0.29, 0.717) is 27.3 Å². The van der Waals surface area contributed by atoms with Crippen molar-refractivity contribution in [2.45, 2.75) is 26.2 Å². The van der Waals surface area contributed by atoms with E-state index < -0.39 is 0 Å². The molecule has 0 aliphatic heterocycles. The maximum absolute atomic E-state index is 12.6. The summed E-state index contributed by atoms with van der Waals surface area (Å²) < 4.78 is 5.71. The molecule has 0 radical (unpaired) electrons. The number of carbonyl (C=O) groups excluding carboxylic acids is 1. The zero-order valence-electron chi connectivity index (χ0n) is 14.6. The molecule has 1 N–H and O–H groups in total. The molecule has 0 bridgehead atoms. The van der Waals surface area contributed by atoms with Crippen LogP contribution in [0.2, 0.25) is 10.0 Å². The summed E-state index contributed by atoms with van der Waals surface area (Å²) in [4.78, 5) is 12.6. The van der Waals surface area contributed by atoms with Crippen molar-refractivity contribution in [1.29, 1.82) is 0 Å². The van der Waals surface area contributed by atoms with Gasteiger partial charge in [0.25, 0.3) is 5.91 Å². The van der Waals surface area contributed by atoms with Crippen LogP contribution < -0.4 is 5.32 Å². The van der Waals surface area contributed by atoms with E-state index in [1.54, 1.807) is 30.3 Å². The molecule has 3 aromatic rings. The van der Waals surface area contributed by atoms with Crippen molar-refractivity contribution in [2.75, 3.05) is 5.32 Å². The van der Waals surface area contributed by atoms with Gasteiger partial charge in [0.05, 0.1) is 10.0 Å². The van der Waals surface area contributed by atoms with Crippen LogP contribution in [0.25, 0.3) is 11.3 Å². The summed E-state index contributed by atoms with van der Waals surface area (Å²) in [6.07, 6.45) is 0.991. The van der Waals surface area contributed by atoms with Crippen molar-refractivity contribution in [3.8, 4) is 11.3 Å². The second kappa shape index (κ2) is 7.98. The van der Waals surface area contributed by atoms with E-state index in [0.717, 1.165) is 17.7 Å². The van der Waals surface area contributed by atoms with Gasteiger partial charge in [-0.05, 0) is 48.2 Å². The number of nitrogens with one attached hydrogen (secondary N) is 1. The Balaban J connectivity index is 1.85. The van der Waals surface area contributed by atoms with E-state index >= 15 is 0 Å². The fourth-order valence-electron chi connectivity index (χ4n) is 2.74. The van der Waals surface area contributed by atoms with Gasteiger partial charge in [0.15, 0.2) is 5.76 Å². The lowest BCUT2D eigenvalue weighted by Gasteiger charge is -2.15. The molecule has 1 aromatic heterocycles. The fourth-order valence-corrected chi connectivity index (χ4v) is 3.14. The molecule has 0 fully saturated rings. The Labute approximate surface area is 162 Å². The van der Waals surface area contributed by atoms with Crippen LogP contribution in [0.15, 0.2) is 59.0 Å². The third kappa shape index (κ3) is 3.79. The molecular weight excluding hydrogens is 369 g/mol. The summed E-state index contributed by atoms with van der Waals surface area (Å²) in [7, 11) is 0. The molecule has 3 nitrogen and oxygen atoms in total. The number of hydrogen-bond donors (Lipinski definition) is 1. The van der Waals surface area contributed by atoms with Crippen molar-refractivity contribution >= 4 is 34.8 Å². The van der Waals surface area contributed by atoms with Crippen molar-refractivity contribution in [2.24, 2.45) is 0 Å². The smallest absolute Gasteiger partial charge is 0.291 e. The highest BCUT2D eigenvalue weighted by Gasteiger charge is 2.17. The zero-order chi connectivity index (χ0) is 18.7. The first-order chi connectivity index (χ1) is 12.5. The molecule has 0 aliphatic carbocycles. The molecule has 2 aromatic carbocycles. The highest BCUT2D eigenvalue weighted by molar-refractivity contribution is 6.43. The highest BCUT2D eigenvalue weighted by atomic mass is 35.5. The third-order valence-corrected chi connectivity index (χ3v) is 5.22. The lowest BCUT2D eigenvalue weighted by molar-refractivity contribution is 0.0997. The van der Waals surface area contributed by atoms with E-state index in [9.17, 15) is 4.79 Å². The van der Waals surface area contributed by atoms with E-state index in [2.05, 4.69) is 19.2 Å². The van der Waals surface area contributed by atoms with Crippen molar-refractivity contribution < 1.29 is 9.21 Å². The Morgan fingerprint density at radius 3 is 2.62 bits per heavy atom. The van der Waals surface area contributed by atoms with Gasteiger partial charge in [0.2, 0.25) is 0 Å². The predicted octanol–water partition coefficient (Wildman–Crippen LogP) is 7.02. The molecule has 1 unspecified atom stereocenters. The lowest BCUT2D eigenvalue weighted by Crippen LogP contribution is -2.13. The molecule has 26 heavy (non-hydrogen) atoms. The van der Waals surface area contributed by atoms with Gasteiger partial charge in [0, 0.05) is 11.3 Å². The van der Waals surface area contributed by atoms with E-state index in [1.807, 2.05) is 24.3 Å². The number of benzene rings is 2. The molecule has 0 saturated heterocycles. The summed E-state index contributed by atoms with van der Waals surface area (Å²) in [6, 6.07) is 16.4. The summed E-state index contributed by atoms with van der Waals surface area (Å²) >= 11 is 12.3. The number of carbonyl (C=O) groups is 1. The van der Waals surface area contributed by atoms with E-state index in [1.165, 1.54) is 0 Å². The van der Waals surface area contributed by atoms with Gasteiger partial charge < -0.3 is 9.73 Å². The van der Waals surface area contributed by atoms with Crippen molar-refractivity contribution in [1.82, 2.24) is 0 Å². The summed E-state index contributed by atoms with van der Waals surface area (Å²) in [5, 5.41) is 3.78. The average molecular weight is 388 g/mol. The monoisotopic (exact) mass is 387 g/mol. The maximum atomic E-state index is 12.6. The number of para-hydroxylation sites is 1. The Morgan fingerprint density at radius 1 is 1.08 bits per heavy atom. The first kappa shape index (κ1) is 18.6. The van der Waals surface area contributed by atoms with Crippen LogP contribution in [-0.4, -0.2) is 5.91 Å². The third-order valence-electron chi connectivity index (χ3n) is 4.40. The van der Waals surface area contributed by atoms with Crippen molar-refractivity contribution in [3.05, 3.63) is 76.0 Å². The first-order valence-corrected chi connectivity index (χ1v) is 9.21. The predicted molar refractivity (Wildman–Crippen MR) is 107 cm³/mol. The molecule has 0 spiro atoms. The van der Waals surface area contributed by atoms with Crippen LogP contribution in [-0.2, 0) is 0 Å². The number of furan rings is 1. The first-order valence-electron chi connectivity index (χ1n) is 8.45. The number of halogens is 2. The van der Waals surface area contributed by atoms with Crippen LogP contribution in [0.1, 0.15) is 42.3 Å². The standard InChI is InChI=1S/C21H19Cl2NO2/c1-3-13(2)14-7-4-5-10-17(14)24-21(25)19-12-11-18(26-19)15-8-6-9-16(22)20(15)23/h4-13H,3H2,1-2H3,(H,24,25). The van der Waals surface area contributed by atoms with Gasteiger partial charge in [-0.1, -0.05) is 61.3 Å². The van der Waals surface area contributed by atoms with Crippen molar-refractivity contribution in [3.63, 3.8) is 0 Å². The van der Waals surface area contributed by atoms with Gasteiger partial charge in [0.1, 0.15) is 5.76 Å². The Bertz CT molecular complexity index is 933. The lowest BCUT2D eigenvalue weighted by atomic mass is 9.97.